The van der Waals surface area contributed by atoms with E-state index in [0.29, 0.717) is 55.0 Å². The summed E-state index contributed by atoms with van der Waals surface area (Å²) in [5.41, 5.74) is 8.51. The Morgan fingerprint density at radius 2 is 1.72 bits per heavy atom. The molecule has 5 N–H and O–H groups in total. The molecule has 0 radical (unpaired) electrons. The summed E-state index contributed by atoms with van der Waals surface area (Å²) < 4.78 is 39.1. The standard InChI is InChI=1S/C34H44N4O7S/c1-23(2)20-38(46(42,43)29-14-12-27(35)13-15-29)28(21-39)10-6-7-17-36-34(41)30(18-25-9-5-4-8-24(25)3)37-33(40)26-11-16-31-32(19-26)45-22-44-31/h4-5,8-9,11-16,19,23,28,30,39H,6-7,10,17-18,20-22,35H2,1-3H3,(H,36,41)(H,37,40)/t28-,30+/m0/s1. The van der Waals surface area contributed by atoms with E-state index < -0.39 is 28.0 Å². The van der Waals surface area contributed by atoms with Gasteiger partial charge in [0.2, 0.25) is 22.7 Å². The number of nitrogen functional groups attached to an aromatic ring is 1. The molecule has 11 nitrogen and oxygen atoms in total. The number of nitrogens with zero attached hydrogens (tertiary/aromatic N) is 1. The topological polar surface area (TPSA) is 160 Å². The van der Waals surface area contributed by atoms with Crippen molar-refractivity contribution in [3.05, 3.63) is 83.4 Å². The summed E-state index contributed by atoms with van der Waals surface area (Å²) in [5.74, 6) is 0.329. The van der Waals surface area contributed by atoms with Crippen molar-refractivity contribution < 1.29 is 32.6 Å². The number of aryl methyl sites for hydroxylation is 1. The predicted octanol–water partition coefficient (Wildman–Crippen LogP) is 3.64. The average Bonchev–Trinajstić information content (AvgIpc) is 3.51. The summed E-state index contributed by atoms with van der Waals surface area (Å²) in [6, 6.07) is 17.1. The lowest BCUT2D eigenvalue weighted by molar-refractivity contribution is -0.122. The van der Waals surface area contributed by atoms with Gasteiger partial charge in [0.1, 0.15) is 6.04 Å². The number of sulfonamides is 1. The van der Waals surface area contributed by atoms with Gasteiger partial charge in [0.05, 0.1) is 11.5 Å². The monoisotopic (exact) mass is 652 g/mol. The maximum absolute atomic E-state index is 13.5. The van der Waals surface area contributed by atoms with E-state index in [4.69, 9.17) is 15.2 Å². The van der Waals surface area contributed by atoms with Crippen LogP contribution >= 0.6 is 0 Å². The summed E-state index contributed by atoms with van der Waals surface area (Å²) in [7, 11) is -3.87. The quantitative estimate of drug-likeness (QED) is 0.135. The van der Waals surface area contributed by atoms with E-state index in [0.717, 1.165) is 11.1 Å². The third-order valence-electron chi connectivity index (χ3n) is 7.86. The van der Waals surface area contributed by atoms with Crippen molar-refractivity contribution in [2.45, 2.75) is 63.4 Å². The zero-order valence-electron chi connectivity index (χ0n) is 26.6. The summed E-state index contributed by atoms with van der Waals surface area (Å²) in [6.07, 6.45) is 1.81. The SMILES string of the molecule is Cc1ccccc1C[C@@H](NC(=O)c1ccc2c(c1)OCO2)C(=O)NCCCC[C@@H](CO)N(CC(C)C)S(=O)(=O)c1ccc(N)cc1. The molecular formula is C34H44N4O7S. The molecule has 46 heavy (non-hydrogen) atoms. The Labute approximate surface area is 271 Å². The minimum absolute atomic E-state index is 0.0370. The van der Waals surface area contributed by atoms with Gasteiger partial charge < -0.3 is 30.9 Å². The Morgan fingerprint density at radius 1 is 1.00 bits per heavy atom. The van der Waals surface area contributed by atoms with Gasteiger partial charge in [-0.25, -0.2) is 8.42 Å². The fourth-order valence-corrected chi connectivity index (χ4v) is 7.10. The second-order valence-electron chi connectivity index (χ2n) is 11.9. The van der Waals surface area contributed by atoms with Gasteiger partial charge in [-0.1, -0.05) is 44.5 Å². The molecular weight excluding hydrogens is 608 g/mol. The second kappa shape index (κ2) is 15.9. The Balaban J connectivity index is 1.37. The molecule has 0 aliphatic carbocycles. The van der Waals surface area contributed by atoms with E-state index in [1.54, 1.807) is 30.3 Å². The van der Waals surface area contributed by atoms with Crippen LogP contribution in [-0.4, -0.2) is 68.2 Å². The molecule has 3 aromatic rings. The number of nitrogens with one attached hydrogen (secondary N) is 2. The number of benzene rings is 3. The molecule has 4 rings (SSSR count). The summed E-state index contributed by atoms with van der Waals surface area (Å²) in [4.78, 5) is 26.7. The molecule has 3 aromatic carbocycles. The number of unbranched alkanes of at least 4 members (excludes halogenated alkanes) is 1. The van der Waals surface area contributed by atoms with Crippen LogP contribution in [0.2, 0.25) is 0 Å². The molecule has 0 fully saturated rings. The van der Waals surface area contributed by atoms with Crippen LogP contribution in [0.25, 0.3) is 0 Å². The molecule has 1 heterocycles. The van der Waals surface area contributed by atoms with Crippen molar-refractivity contribution >= 4 is 27.5 Å². The summed E-state index contributed by atoms with van der Waals surface area (Å²) >= 11 is 0. The third-order valence-corrected chi connectivity index (χ3v) is 9.79. The van der Waals surface area contributed by atoms with Crippen LogP contribution in [-0.2, 0) is 21.2 Å². The number of carbonyl (C=O) groups is 2. The molecule has 1 aliphatic heterocycles. The number of hydrogen-bond donors (Lipinski definition) is 4. The number of aliphatic hydroxyl groups is 1. The molecule has 0 bridgehead atoms. The first-order valence-electron chi connectivity index (χ1n) is 15.5. The van der Waals surface area contributed by atoms with Crippen LogP contribution in [0.15, 0.2) is 71.6 Å². The lowest BCUT2D eigenvalue weighted by atomic mass is 10.00. The normalized spacial score (nSPS) is 13.9. The van der Waals surface area contributed by atoms with E-state index >= 15 is 0 Å². The molecule has 0 saturated carbocycles. The van der Waals surface area contributed by atoms with Gasteiger partial charge in [-0.2, -0.15) is 4.31 Å². The third kappa shape index (κ3) is 8.99. The first-order chi connectivity index (χ1) is 22.0. The van der Waals surface area contributed by atoms with Crippen LogP contribution in [0.1, 0.15) is 54.6 Å². The highest BCUT2D eigenvalue weighted by Gasteiger charge is 2.31. The van der Waals surface area contributed by atoms with Crippen LogP contribution < -0.4 is 25.8 Å². The van der Waals surface area contributed by atoms with Crippen LogP contribution in [0.4, 0.5) is 5.69 Å². The van der Waals surface area contributed by atoms with Crippen molar-refractivity contribution in [2.24, 2.45) is 5.92 Å². The molecule has 0 unspecified atom stereocenters. The maximum Gasteiger partial charge on any atom is 0.252 e. The van der Waals surface area contributed by atoms with Crippen LogP contribution in [0.3, 0.4) is 0 Å². The first-order valence-corrected chi connectivity index (χ1v) is 16.9. The Bertz CT molecular complexity index is 1600. The van der Waals surface area contributed by atoms with E-state index in [1.807, 2.05) is 45.0 Å². The number of hydrogen-bond acceptors (Lipinski definition) is 8. The van der Waals surface area contributed by atoms with Crippen LogP contribution in [0.5, 0.6) is 11.5 Å². The molecule has 0 spiro atoms. The Kier molecular flexibility index (Phi) is 12.0. The van der Waals surface area contributed by atoms with Gasteiger partial charge in [0.15, 0.2) is 11.5 Å². The molecule has 0 saturated heterocycles. The number of fused-ring (bicyclic) bond motifs is 1. The van der Waals surface area contributed by atoms with Crippen molar-refractivity contribution in [2.75, 3.05) is 32.2 Å². The van der Waals surface area contributed by atoms with Crippen LogP contribution in [0, 0.1) is 12.8 Å². The first kappa shape index (κ1) is 34.7. The number of rotatable bonds is 16. The molecule has 2 atom stereocenters. The zero-order chi connectivity index (χ0) is 33.3. The number of amides is 2. The van der Waals surface area contributed by atoms with Gasteiger partial charge in [-0.15, -0.1) is 0 Å². The lowest BCUT2D eigenvalue weighted by Crippen LogP contribution is -2.48. The van der Waals surface area contributed by atoms with Crippen molar-refractivity contribution in [1.29, 1.82) is 0 Å². The number of ether oxygens (including phenoxy) is 2. The second-order valence-corrected chi connectivity index (χ2v) is 13.8. The van der Waals surface area contributed by atoms with E-state index in [-0.39, 0.29) is 36.7 Å². The minimum atomic E-state index is -3.87. The van der Waals surface area contributed by atoms with E-state index in [2.05, 4.69) is 10.6 Å². The van der Waals surface area contributed by atoms with Crippen molar-refractivity contribution in [1.82, 2.24) is 14.9 Å². The van der Waals surface area contributed by atoms with Crippen molar-refractivity contribution in [3.63, 3.8) is 0 Å². The van der Waals surface area contributed by atoms with Gasteiger partial charge in [-0.05, 0) is 79.3 Å². The molecule has 248 valence electrons. The highest BCUT2D eigenvalue weighted by Crippen LogP contribution is 2.32. The molecule has 2 amide bonds. The fraction of sp³-hybridized carbons (Fsp3) is 0.412. The highest BCUT2D eigenvalue weighted by molar-refractivity contribution is 7.89. The lowest BCUT2D eigenvalue weighted by Gasteiger charge is -2.31. The largest absolute Gasteiger partial charge is 0.454 e. The average molecular weight is 653 g/mol. The van der Waals surface area contributed by atoms with E-state index in [1.165, 1.54) is 16.4 Å². The summed E-state index contributed by atoms with van der Waals surface area (Å²) in [5, 5.41) is 16.0. The van der Waals surface area contributed by atoms with Gasteiger partial charge in [0.25, 0.3) is 5.91 Å². The molecule has 0 aromatic heterocycles. The van der Waals surface area contributed by atoms with Crippen molar-refractivity contribution in [3.8, 4) is 11.5 Å². The molecule has 1 aliphatic rings. The van der Waals surface area contributed by atoms with Gasteiger partial charge in [0, 0.05) is 36.8 Å². The van der Waals surface area contributed by atoms with Gasteiger partial charge in [-0.3, -0.25) is 9.59 Å². The Morgan fingerprint density at radius 3 is 2.41 bits per heavy atom. The fourth-order valence-electron chi connectivity index (χ4n) is 5.29. The van der Waals surface area contributed by atoms with Gasteiger partial charge >= 0.3 is 0 Å². The summed E-state index contributed by atoms with van der Waals surface area (Å²) in [6.45, 7) is 6.12. The Hall–Kier alpha value is -4.13. The number of aliphatic hydroxyl groups excluding tert-OH is 1. The smallest absolute Gasteiger partial charge is 0.252 e. The number of nitrogens with two attached hydrogens (primary N) is 1. The number of anilines is 1. The zero-order valence-corrected chi connectivity index (χ0v) is 27.4. The molecule has 12 heteroatoms. The van der Waals surface area contributed by atoms with E-state index in [9.17, 15) is 23.1 Å². The maximum atomic E-state index is 13.5. The highest BCUT2D eigenvalue weighted by atomic mass is 32.2. The number of carbonyl (C=O) groups excluding carboxylic acids is 2. The minimum Gasteiger partial charge on any atom is -0.454 e. The predicted molar refractivity (Wildman–Crippen MR) is 176 cm³/mol.